The van der Waals surface area contributed by atoms with Gasteiger partial charge in [-0.25, -0.2) is 9.80 Å². The molecule has 2 rings (SSSR count). The van der Waals surface area contributed by atoms with Gasteiger partial charge >= 0.3 is 6.09 Å². The number of benzene rings is 1. The van der Waals surface area contributed by atoms with Crippen molar-refractivity contribution in [3.8, 4) is 5.75 Å². The third kappa shape index (κ3) is 2.48. The Balaban J connectivity index is 2.08. The van der Waals surface area contributed by atoms with Crippen molar-refractivity contribution in [2.75, 3.05) is 14.2 Å². The number of hydrazine groups is 1. The smallest absolute Gasteiger partial charge is 0.428 e. The molecule has 92 valence electrons. The normalized spacial score (nSPS) is 19.3. The van der Waals surface area contributed by atoms with Crippen LogP contribution in [0.15, 0.2) is 24.3 Å². The molecule has 1 aromatic carbocycles. The third-order valence-electron chi connectivity index (χ3n) is 2.42. The predicted octanol–water partition coefficient (Wildman–Crippen LogP) is 1.08. The summed E-state index contributed by atoms with van der Waals surface area (Å²) in [5.41, 5.74) is 3.66. The van der Waals surface area contributed by atoms with Gasteiger partial charge in [-0.3, -0.25) is 0 Å². The Labute approximate surface area is 99.0 Å². The highest BCUT2D eigenvalue weighted by Crippen LogP contribution is 2.20. The molecule has 0 saturated carbocycles. The van der Waals surface area contributed by atoms with E-state index in [-0.39, 0.29) is 0 Å². The number of carbonyl (C=O) groups excluding carboxylic acids is 1. The summed E-state index contributed by atoms with van der Waals surface area (Å²) < 4.78 is 15.0. The number of hydrogen-bond acceptors (Lipinski definition) is 5. The monoisotopic (exact) mass is 238 g/mol. The molecular formula is C11H14N2O4. The number of nitrogens with zero attached hydrogens (tertiary/aromatic N) is 1. The molecule has 6 heteroatoms. The molecule has 6 nitrogen and oxygen atoms in total. The van der Waals surface area contributed by atoms with Crippen LogP contribution in [0.25, 0.3) is 0 Å². The zero-order valence-corrected chi connectivity index (χ0v) is 9.67. The molecule has 1 N–H and O–H groups in total. The van der Waals surface area contributed by atoms with Crippen LogP contribution in [0.4, 0.5) is 4.79 Å². The molecule has 17 heavy (non-hydrogen) atoms. The zero-order chi connectivity index (χ0) is 12.3. The number of methoxy groups -OCH3 is 2. The van der Waals surface area contributed by atoms with E-state index in [0.717, 1.165) is 11.3 Å². The van der Waals surface area contributed by atoms with E-state index in [4.69, 9.17) is 14.2 Å². The lowest BCUT2D eigenvalue weighted by Gasteiger charge is -2.15. The lowest BCUT2D eigenvalue weighted by Crippen LogP contribution is -2.37. The lowest BCUT2D eigenvalue weighted by molar-refractivity contribution is -0.0782. The molecular weight excluding hydrogens is 224 g/mol. The van der Waals surface area contributed by atoms with Crippen LogP contribution < -0.4 is 10.2 Å². The summed E-state index contributed by atoms with van der Waals surface area (Å²) in [7, 11) is 3.05. The summed E-state index contributed by atoms with van der Waals surface area (Å²) in [4.78, 5) is 11.5. The van der Waals surface area contributed by atoms with Crippen molar-refractivity contribution in [1.29, 1.82) is 0 Å². The van der Waals surface area contributed by atoms with Gasteiger partial charge in [0.2, 0.25) is 0 Å². The van der Waals surface area contributed by atoms with Gasteiger partial charge in [0.15, 0.2) is 0 Å². The van der Waals surface area contributed by atoms with E-state index in [1.54, 1.807) is 7.11 Å². The summed E-state index contributed by atoms with van der Waals surface area (Å²) in [5.74, 6) is 0.725. The Kier molecular flexibility index (Phi) is 3.46. The Morgan fingerprint density at radius 3 is 2.82 bits per heavy atom. The summed E-state index contributed by atoms with van der Waals surface area (Å²) in [6.45, 7) is 0.350. The summed E-state index contributed by atoms with van der Waals surface area (Å²) in [6, 6.07) is 7.47. The molecule has 1 aromatic rings. The molecule has 1 atom stereocenters. The Morgan fingerprint density at radius 1 is 1.41 bits per heavy atom. The molecule has 0 aliphatic carbocycles. The van der Waals surface area contributed by atoms with Crippen molar-refractivity contribution < 1.29 is 19.0 Å². The van der Waals surface area contributed by atoms with Gasteiger partial charge in [-0.2, -0.15) is 5.43 Å². The molecule has 0 radical (unpaired) electrons. The first-order valence-electron chi connectivity index (χ1n) is 5.13. The fourth-order valence-electron chi connectivity index (χ4n) is 1.58. The molecule has 0 bridgehead atoms. The van der Waals surface area contributed by atoms with E-state index >= 15 is 0 Å². The van der Waals surface area contributed by atoms with Crippen LogP contribution >= 0.6 is 0 Å². The number of ether oxygens (including phenoxy) is 3. The average Bonchev–Trinajstić information content (AvgIpc) is 2.71. The molecule has 0 aromatic heterocycles. The zero-order valence-electron chi connectivity index (χ0n) is 9.67. The quantitative estimate of drug-likeness (QED) is 0.850. The van der Waals surface area contributed by atoms with E-state index in [1.165, 1.54) is 12.1 Å². The maximum atomic E-state index is 11.5. The topological polar surface area (TPSA) is 60.0 Å². The first-order chi connectivity index (χ1) is 8.24. The standard InChI is InChI=1S/C11H14N2O4/c1-15-9-6-4-3-5-8(9)7-13-11(14)17-10(12-13)16-2/h3-6,10,12H,7H2,1-2H3. The molecule has 1 heterocycles. The fourth-order valence-corrected chi connectivity index (χ4v) is 1.58. The van der Waals surface area contributed by atoms with Crippen molar-refractivity contribution >= 4 is 6.09 Å². The second-order valence-corrected chi connectivity index (χ2v) is 3.48. The van der Waals surface area contributed by atoms with E-state index in [1.807, 2.05) is 24.3 Å². The van der Waals surface area contributed by atoms with Crippen molar-refractivity contribution in [2.45, 2.75) is 13.0 Å². The number of hydrogen-bond donors (Lipinski definition) is 1. The maximum Gasteiger partial charge on any atom is 0.428 e. The first kappa shape index (κ1) is 11.7. The highest BCUT2D eigenvalue weighted by molar-refractivity contribution is 5.68. The number of cyclic esters (lactones) is 1. The second kappa shape index (κ2) is 5.03. The van der Waals surface area contributed by atoms with Gasteiger partial charge in [-0.05, 0) is 6.07 Å². The molecule has 1 saturated heterocycles. The number of rotatable bonds is 4. The van der Waals surface area contributed by atoms with Gasteiger partial charge in [0.1, 0.15) is 5.75 Å². The largest absolute Gasteiger partial charge is 0.496 e. The minimum Gasteiger partial charge on any atom is -0.496 e. The fraction of sp³-hybridized carbons (Fsp3) is 0.364. The maximum absolute atomic E-state index is 11.5. The number of amides is 1. The average molecular weight is 238 g/mol. The summed E-state index contributed by atoms with van der Waals surface area (Å²) in [6.07, 6.45) is -1.19. The lowest BCUT2D eigenvalue weighted by atomic mass is 10.2. The molecule has 1 unspecified atom stereocenters. The van der Waals surface area contributed by atoms with Crippen LogP contribution in [0, 0.1) is 0 Å². The molecule has 1 aliphatic heterocycles. The summed E-state index contributed by atoms with van der Waals surface area (Å²) >= 11 is 0. The van der Waals surface area contributed by atoms with Crippen molar-refractivity contribution in [3.63, 3.8) is 0 Å². The second-order valence-electron chi connectivity index (χ2n) is 3.48. The number of carbonyl (C=O) groups is 1. The molecule has 0 spiro atoms. The summed E-state index contributed by atoms with van der Waals surface area (Å²) in [5, 5.41) is 1.34. The van der Waals surface area contributed by atoms with Crippen molar-refractivity contribution in [2.24, 2.45) is 0 Å². The molecule has 1 aliphatic rings. The van der Waals surface area contributed by atoms with E-state index in [9.17, 15) is 4.79 Å². The highest BCUT2D eigenvalue weighted by atomic mass is 16.7. The van der Waals surface area contributed by atoms with Crippen molar-refractivity contribution in [1.82, 2.24) is 10.4 Å². The number of nitrogens with one attached hydrogen (secondary N) is 1. The van der Waals surface area contributed by atoms with Gasteiger partial charge < -0.3 is 14.2 Å². The van der Waals surface area contributed by atoms with Crippen LogP contribution in [-0.4, -0.2) is 31.7 Å². The van der Waals surface area contributed by atoms with Crippen LogP contribution in [-0.2, 0) is 16.0 Å². The molecule has 1 fully saturated rings. The Morgan fingerprint density at radius 2 is 2.18 bits per heavy atom. The van der Waals surface area contributed by atoms with Crippen LogP contribution in [0.2, 0.25) is 0 Å². The number of para-hydroxylation sites is 1. The minimum atomic E-state index is -0.725. The van der Waals surface area contributed by atoms with E-state index in [2.05, 4.69) is 5.43 Å². The van der Waals surface area contributed by atoms with Gasteiger partial charge in [0, 0.05) is 12.7 Å². The van der Waals surface area contributed by atoms with Crippen LogP contribution in [0.3, 0.4) is 0 Å². The van der Waals surface area contributed by atoms with Gasteiger partial charge in [0.25, 0.3) is 6.41 Å². The minimum absolute atomic E-state index is 0.350. The first-order valence-corrected chi connectivity index (χ1v) is 5.13. The van der Waals surface area contributed by atoms with E-state index < -0.39 is 12.5 Å². The SMILES string of the molecule is COc1ccccc1CN1NC(OC)OC1=O. The third-order valence-corrected chi connectivity index (χ3v) is 2.42. The van der Waals surface area contributed by atoms with Crippen LogP contribution in [0.1, 0.15) is 5.56 Å². The van der Waals surface area contributed by atoms with E-state index in [0.29, 0.717) is 6.54 Å². The molecule has 1 amide bonds. The predicted molar refractivity (Wildman–Crippen MR) is 59.0 cm³/mol. The van der Waals surface area contributed by atoms with Crippen LogP contribution in [0.5, 0.6) is 5.75 Å². The van der Waals surface area contributed by atoms with Gasteiger partial charge in [-0.1, -0.05) is 18.2 Å². The Bertz CT molecular complexity index is 410. The van der Waals surface area contributed by atoms with Gasteiger partial charge in [0.05, 0.1) is 13.7 Å². The van der Waals surface area contributed by atoms with Crippen molar-refractivity contribution in [3.05, 3.63) is 29.8 Å². The highest BCUT2D eigenvalue weighted by Gasteiger charge is 2.30. The Hall–Kier alpha value is -1.79. The van der Waals surface area contributed by atoms with Gasteiger partial charge in [-0.15, -0.1) is 0 Å².